The fourth-order valence-corrected chi connectivity index (χ4v) is 5.23. The van der Waals surface area contributed by atoms with Gasteiger partial charge < -0.3 is 26.0 Å². The Balaban J connectivity index is 1.40. The highest BCUT2D eigenvalue weighted by molar-refractivity contribution is 6.02. The molecule has 0 radical (unpaired) electrons. The molecule has 4 N–H and O–H groups in total. The normalized spacial score (nSPS) is 19.3. The highest BCUT2D eigenvalue weighted by atomic mass is 16.5. The molecule has 3 aromatic heterocycles. The van der Waals surface area contributed by atoms with Gasteiger partial charge in [-0.1, -0.05) is 13.0 Å². The number of anilines is 1. The van der Waals surface area contributed by atoms with Crippen molar-refractivity contribution in [3.8, 4) is 17.2 Å². The Hall–Kier alpha value is -4.50. The van der Waals surface area contributed by atoms with E-state index in [4.69, 9.17) is 10.5 Å². The molecule has 0 bridgehead atoms. The molecule has 208 valence electrons. The predicted octanol–water partition coefficient (Wildman–Crippen LogP) is 1.71. The molecule has 0 spiro atoms. The molecule has 3 amide bonds. The number of nitrogens with zero attached hydrogens (tertiary/aromatic N) is 5. The summed E-state index contributed by atoms with van der Waals surface area (Å²) in [6.45, 7) is 3.33. The quantitative estimate of drug-likeness (QED) is 0.347. The van der Waals surface area contributed by atoms with Gasteiger partial charge in [0, 0.05) is 49.8 Å². The molecule has 0 aromatic carbocycles. The number of hydrogen-bond acceptors (Lipinski definition) is 8. The molecular weight excluding hydrogens is 512 g/mol. The zero-order valence-electron chi connectivity index (χ0n) is 22.5. The van der Waals surface area contributed by atoms with E-state index < -0.39 is 11.3 Å². The number of hydrogen-bond donors (Lipinski definition) is 3. The molecule has 40 heavy (non-hydrogen) atoms. The Labute approximate surface area is 231 Å². The fourth-order valence-electron chi connectivity index (χ4n) is 5.23. The second kappa shape index (κ2) is 10.9. The minimum atomic E-state index is -0.870. The number of nitriles is 1. The van der Waals surface area contributed by atoms with E-state index in [0.29, 0.717) is 42.8 Å². The van der Waals surface area contributed by atoms with Crippen LogP contribution in [0, 0.1) is 22.7 Å². The van der Waals surface area contributed by atoms with E-state index in [0.717, 1.165) is 17.5 Å². The van der Waals surface area contributed by atoms with Crippen molar-refractivity contribution in [2.45, 2.75) is 38.8 Å². The van der Waals surface area contributed by atoms with Crippen LogP contribution in [0.3, 0.4) is 0 Å². The van der Waals surface area contributed by atoms with Gasteiger partial charge >= 0.3 is 0 Å². The first-order valence-electron chi connectivity index (χ1n) is 13.3. The molecule has 5 rings (SSSR count). The summed E-state index contributed by atoms with van der Waals surface area (Å²) in [6.07, 6.45) is 7.04. The third kappa shape index (κ3) is 5.20. The van der Waals surface area contributed by atoms with Gasteiger partial charge in [-0.25, -0.2) is 4.52 Å². The minimum absolute atomic E-state index is 0.0130. The summed E-state index contributed by atoms with van der Waals surface area (Å²) in [7, 11) is 1.46. The molecule has 4 heterocycles. The highest BCUT2D eigenvalue weighted by Gasteiger charge is 2.54. The van der Waals surface area contributed by atoms with Crippen LogP contribution in [0.1, 0.15) is 42.2 Å². The van der Waals surface area contributed by atoms with Gasteiger partial charge in [0.2, 0.25) is 11.8 Å². The molecule has 12 heteroatoms. The number of carbonyl (C=O) groups is 3. The Kier molecular flexibility index (Phi) is 7.40. The number of methoxy groups -OCH3 is 1. The number of fused-ring (bicyclic) bond motifs is 1. The van der Waals surface area contributed by atoms with Gasteiger partial charge in [-0.3, -0.25) is 19.4 Å². The number of nitrogens with two attached hydrogens (primary N) is 1. The summed E-state index contributed by atoms with van der Waals surface area (Å²) in [6, 6.07) is 7.72. The van der Waals surface area contributed by atoms with Gasteiger partial charge in [-0.15, -0.1) is 0 Å². The van der Waals surface area contributed by atoms with Gasteiger partial charge in [-0.05, 0) is 37.3 Å². The first-order chi connectivity index (χ1) is 19.3. The van der Waals surface area contributed by atoms with Crippen LogP contribution in [-0.4, -0.2) is 70.1 Å². The van der Waals surface area contributed by atoms with E-state index >= 15 is 0 Å². The second-order valence-corrected chi connectivity index (χ2v) is 10.4. The van der Waals surface area contributed by atoms with Crippen LogP contribution in [0.4, 0.5) is 5.69 Å². The monoisotopic (exact) mass is 544 g/mol. The van der Waals surface area contributed by atoms with Gasteiger partial charge in [-0.2, -0.15) is 10.4 Å². The van der Waals surface area contributed by atoms with Crippen LogP contribution in [0.25, 0.3) is 16.6 Å². The molecule has 12 nitrogen and oxygen atoms in total. The third-order valence-electron chi connectivity index (χ3n) is 7.76. The topological polar surface area (TPSA) is 168 Å². The van der Waals surface area contributed by atoms with Gasteiger partial charge in [0.05, 0.1) is 41.3 Å². The van der Waals surface area contributed by atoms with Crippen LogP contribution in [0.15, 0.2) is 36.8 Å². The van der Waals surface area contributed by atoms with Crippen molar-refractivity contribution in [3.05, 3.63) is 48.0 Å². The van der Waals surface area contributed by atoms with Crippen LogP contribution >= 0.6 is 0 Å². The van der Waals surface area contributed by atoms with E-state index in [1.54, 1.807) is 15.6 Å². The number of primary amides is 1. The molecule has 1 saturated carbocycles. The molecule has 1 saturated heterocycles. The minimum Gasteiger partial charge on any atom is -0.378 e. The summed E-state index contributed by atoms with van der Waals surface area (Å²) in [5.41, 5.74) is 8.70. The summed E-state index contributed by atoms with van der Waals surface area (Å²) in [4.78, 5) is 43.3. The Morgan fingerprint density at radius 2 is 2.02 bits per heavy atom. The number of aromatic nitrogens is 3. The van der Waals surface area contributed by atoms with Crippen LogP contribution in [0.5, 0.6) is 0 Å². The molecular formula is C28H32N8O4. The molecule has 2 unspecified atom stereocenters. The second-order valence-electron chi connectivity index (χ2n) is 10.4. The first-order valence-corrected chi connectivity index (χ1v) is 13.3. The fraction of sp³-hybridized carbons (Fsp3) is 0.429. The van der Waals surface area contributed by atoms with Crippen LogP contribution < -0.4 is 16.4 Å². The predicted molar refractivity (Wildman–Crippen MR) is 146 cm³/mol. The maximum atomic E-state index is 13.1. The number of rotatable bonds is 10. The Bertz CT molecular complexity index is 1490. The molecule has 3 aromatic rings. The number of carbonyl (C=O) groups excluding carboxylic acids is 3. The maximum absolute atomic E-state index is 13.1. The van der Waals surface area contributed by atoms with E-state index in [1.807, 2.05) is 24.4 Å². The summed E-state index contributed by atoms with van der Waals surface area (Å²) >= 11 is 0. The Morgan fingerprint density at radius 3 is 2.65 bits per heavy atom. The lowest BCUT2D eigenvalue weighted by Gasteiger charge is -2.22. The number of amides is 3. The summed E-state index contributed by atoms with van der Waals surface area (Å²) < 4.78 is 6.49. The molecule has 2 aliphatic rings. The van der Waals surface area contributed by atoms with E-state index in [1.165, 1.54) is 13.3 Å². The average Bonchev–Trinajstić information content (AvgIpc) is 3.46. The molecule has 2 fully saturated rings. The van der Waals surface area contributed by atoms with Crippen molar-refractivity contribution < 1.29 is 19.1 Å². The van der Waals surface area contributed by atoms with Gasteiger partial charge in [0.1, 0.15) is 12.0 Å². The van der Waals surface area contributed by atoms with Crippen molar-refractivity contribution in [3.63, 3.8) is 0 Å². The number of pyridine rings is 1. The Morgan fingerprint density at radius 1 is 1.23 bits per heavy atom. The standard InChI is InChI=1S/C28H32N8O4/c1-3-17-12-35(27(39)28(16-29)6-7-28)14-22(17)34-25-21(26(30)38)11-33-36-13-19(8-23(25)36)18-4-5-20(31-9-18)10-32-24(37)15-40-2/h4-5,8-9,11,13,17,22,34H,3,6-7,10,12,14-15H2,1-2H3,(H2,30,38)(H,32,37). The summed E-state index contributed by atoms with van der Waals surface area (Å²) in [5.74, 6) is -0.794. The lowest BCUT2D eigenvalue weighted by Crippen LogP contribution is -2.36. The lowest BCUT2D eigenvalue weighted by molar-refractivity contribution is -0.134. The van der Waals surface area contributed by atoms with Crippen LogP contribution in [0.2, 0.25) is 0 Å². The van der Waals surface area contributed by atoms with E-state index in [9.17, 15) is 19.6 Å². The molecule has 2 atom stereocenters. The smallest absolute Gasteiger partial charge is 0.252 e. The number of nitrogens with one attached hydrogen (secondary N) is 2. The van der Waals surface area contributed by atoms with Crippen LogP contribution in [-0.2, 0) is 20.9 Å². The number of ether oxygens (including phenoxy) is 1. The van der Waals surface area contributed by atoms with Gasteiger partial charge in [0.25, 0.3) is 5.91 Å². The largest absolute Gasteiger partial charge is 0.378 e. The van der Waals surface area contributed by atoms with Crippen molar-refractivity contribution in [2.75, 3.05) is 32.1 Å². The molecule has 1 aliphatic carbocycles. The summed E-state index contributed by atoms with van der Waals surface area (Å²) in [5, 5.41) is 20.2. The average molecular weight is 545 g/mol. The first kappa shape index (κ1) is 27.1. The van der Waals surface area contributed by atoms with Crippen molar-refractivity contribution >= 4 is 28.9 Å². The van der Waals surface area contributed by atoms with Gasteiger partial charge in [0.15, 0.2) is 0 Å². The number of likely N-dealkylation sites (tertiary alicyclic amines) is 1. The third-order valence-corrected chi connectivity index (χ3v) is 7.76. The highest BCUT2D eigenvalue weighted by Crippen LogP contribution is 2.47. The lowest BCUT2D eigenvalue weighted by atomic mass is 10.00. The zero-order chi connectivity index (χ0) is 28.4. The van der Waals surface area contributed by atoms with Crippen molar-refractivity contribution in [1.82, 2.24) is 24.8 Å². The van der Waals surface area contributed by atoms with Crippen molar-refractivity contribution in [2.24, 2.45) is 17.1 Å². The van der Waals surface area contributed by atoms with Crippen molar-refractivity contribution in [1.29, 1.82) is 5.26 Å². The zero-order valence-corrected chi connectivity index (χ0v) is 22.5. The van der Waals surface area contributed by atoms with E-state index in [2.05, 4.69) is 33.7 Å². The SMILES string of the molecule is CCC1CN(C(=O)C2(C#N)CC2)CC1Nc1c(C(N)=O)cnn2cc(-c3ccc(CNC(=O)COC)nc3)cc12. The van der Waals surface area contributed by atoms with E-state index in [-0.39, 0.29) is 42.5 Å². The maximum Gasteiger partial charge on any atom is 0.252 e. The molecule has 1 aliphatic heterocycles.